The molecule has 0 unspecified atom stereocenters. The molecule has 128 valence electrons. The summed E-state index contributed by atoms with van der Waals surface area (Å²) in [4.78, 5) is 0. The number of benzene rings is 2. The lowest BCUT2D eigenvalue weighted by molar-refractivity contribution is 0.306. The Hall–Kier alpha value is -3.47. The van der Waals surface area contributed by atoms with Gasteiger partial charge >= 0.3 is 0 Å². The highest BCUT2D eigenvalue weighted by molar-refractivity contribution is 5.80. The Balaban J connectivity index is 1.56. The first kappa shape index (κ1) is 16.0. The molecule has 4 rings (SSSR count). The fourth-order valence-electron chi connectivity index (χ4n) is 2.81. The van der Waals surface area contributed by atoms with Crippen molar-refractivity contribution < 1.29 is 4.74 Å². The van der Waals surface area contributed by atoms with Gasteiger partial charge in [0.05, 0.1) is 12.4 Å². The molecule has 4 aromatic rings. The maximum atomic E-state index is 5.86. The Kier molecular flexibility index (Phi) is 4.43. The minimum absolute atomic E-state index is 0.553. The van der Waals surface area contributed by atoms with E-state index in [1.165, 1.54) is 0 Å². The van der Waals surface area contributed by atoms with Crippen LogP contribution in [0.5, 0.6) is 5.75 Å². The van der Waals surface area contributed by atoms with Crippen LogP contribution >= 0.6 is 0 Å². The highest BCUT2D eigenvalue weighted by Gasteiger charge is 2.12. The zero-order chi connectivity index (χ0) is 17.8. The molecule has 5 heteroatoms. The van der Waals surface area contributed by atoms with Crippen molar-refractivity contribution in [1.29, 1.82) is 0 Å². The summed E-state index contributed by atoms with van der Waals surface area (Å²) in [6.07, 6.45) is 5.43. The first-order valence-electron chi connectivity index (χ1n) is 8.37. The van der Waals surface area contributed by atoms with Crippen LogP contribution in [0.4, 0.5) is 0 Å². The predicted molar refractivity (Wildman–Crippen MR) is 100 cm³/mol. The third-order valence-corrected chi connectivity index (χ3v) is 4.10. The summed E-state index contributed by atoms with van der Waals surface area (Å²) < 4.78 is 7.67. The first-order valence-corrected chi connectivity index (χ1v) is 8.37. The lowest BCUT2D eigenvalue weighted by Crippen LogP contribution is -1.95. The van der Waals surface area contributed by atoms with Gasteiger partial charge in [0.25, 0.3) is 0 Å². The molecule has 0 atom stereocenters. The largest absolute Gasteiger partial charge is 0.489 e. The quantitative estimate of drug-likeness (QED) is 0.547. The summed E-state index contributed by atoms with van der Waals surface area (Å²) in [5.74, 6) is 0.834. The highest BCUT2D eigenvalue weighted by Crippen LogP contribution is 2.31. The van der Waals surface area contributed by atoms with Crippen molar-refractivity contribution in [2.45, 2.75) is 6.61 Å². The minimum Gasteiger partial charge on any atom is -0.489 e. The van der Waals surface area contributed by atoms with Crippen molar-refractivity contribution in [3.8, 4) is 28.1 Å². The fourth-order valence-corrected chi connectivity index (χ4v) is 2.81. The second-order valence-electron chi connectivity index (χ2n) is 5.99. The molecule has 5 nitrogen and oxygen atoms in total. The van der Waals surface area contributed by atoms with E-state index >= 15 is 0 Å². The third-order valence-electron chi connectivity index (χ3n) is 4.10. The van der Waals surface area contributed by atoms with Crippen LogP contribution in [0.25, 0.3) is 22.4 Å². The Labute approximate surface area is 151 Å². The SMILES string of the molecule is Cn1cc(-c2ccnnc2)c(-c2ccc(OCc3ccccc3)cc2)n1. The van der Waals surface area contributed by atoms with Gasteiger partial charge in [0.15, 0.2) is 0 Å². The van der Waals surface area contributed by atoms with Gasteiger partial charge in [-0.25, -0.2) is 0 Å². The molecule has 0 spiro atoms. The number of hydrogen-bond donors (Lipinski definition) is 0. The molecule has 0 saturated heterocycles. The van der Waals surface area contributed by atoms with Gasteiger partial charge in [-0.1, -0.05) is 30.3 Å². The summed E-state index contributed by atoms with van der Waals surface area (Å²) in [5.41, 5.74) is 5.11. The van der Waals surface area contributed by atoms with Crippen LogP contribution in [0.3, 0.4) is 0 Å². The molecule has 2 aromatic heterocycles. The minimum atomic E-state index is 0.553. The zero-order valence-electron chi connectivity index (χ0n) is 14.4. The fraction of sp³-hybridized carbons (Fsp3) is 0.0952. The van der Waals surface area contributed by atoms with Crippen molar-refractivity contribution in [3.63, 3.8) is 0 Å². The maximum Gasteiger partial charge on any atom is 0.119 e. The van der Waals surface area contributed by atoms with E-state index in [4.69, 9.17) is 4.74 Å². The number of aromatic nitrogens is 4. The van der Waals surface area contributed by atoms with Gasteiger partial charge in [-0.05, 0) is 35.9 Å². The molecule has 2 aromatic carbocycles. The van der Waals surface area contributed by atoms with Gasteiger partial charge < -0.3 is 4.74 Å². The second kappa shape index (κ2) is 7.19. The number of aryl methyl sites for hydroxylation is 1. The van der Waals surface area contributed by atoms with Gasteiger partial charge in [-0.3, -0.25) is 4.68 Å². The van der Waals surface area contributed by atoms with E-state index in [1.54, 1.807) is 12.4 Å². The molecule has 2 heterocycles. The zero-order valence-corrected chi connectivity index (χ0v) is 14.4. The molecule has 0 N–H and O–H groups in total. The van der Waals surface area contributed by atoms with Crippen LogP contribution in [0.1, 0.15) is 5.56 Å². The smallest absolute Gasteiger partial charge is 0.119 e. The maximum absolute atomic E-state index is 5.86. The van der Waals surface area contributed by atoms with E-state index in [1.807, 2.05) is 66.5 Å². The van der Waals surface area contributed by atoms with Crippen LogP contribution in [0, 0.1) is 0 Å². The van der Waals surface area contributed by atoms with Crippen molar-refractivity contribution >= 4 is 0 Å². The lowest BCUT2D eigenvalue weighted by atomic mass is 10.0. The second-order valence-corrected chi connectivity index (χ2v) is 5.99. The third kappa shape index (κ3) is 3.47. The molecular formula is C21H18N4O. The van der Waals surface area contributed by atoms with E-state index in [-0.39, 0.29) is 0 Å². The van der Waals surface area contributed by atoms with Crippen LogP contribution in [0.2, 0.25) is 0 Å². The van der Waals surface area contributed by atoms with Gasteiger partial charge in [0, 0.05) is 29.9 Å². The standard InChI is InChI=1S/C21H18N4O/c1-25-14-20(18-11-12-22-23-13-18)21(24-25)17-7-9-19(10-8-17)26-15-16-5-3-2-4-6-16/h2-14H,15H2,1H3. The molecule has 0 aliphatic heterocycles. The van der Waals surface area contributed by atoms with Crippen molar-refractivity contribution in [3.05, 3.63) is 84.8 Å². The topological polar surface area (TPSA) is 52.8 Å². The Morgan fingerprint density at radius 3 is 2.42 bits per heavy atom. The molecule has 0 aliphatic rings. The van der Waals surface area contributed by atoms with E-state index in [9.17, 15) is 0 Å². The van der Waals surface area contributed by atoms with Gasteiger partial charge in [0.2, 0.25) is 0 Å². The summed E-state index contributed by atoms with van der Waals surface area (Å²) in [6.45, 7) is 0.553. The predicted octanol–water partition coefficient (Wildman–Crippen LogP) is 4.12. The number of nitrogens with zero attached hydrogens (tertiary/aromatic N) is 4. The van der Waals surface area contributed by atoms with E-state index < -0.39 is 0 Å². The monoisotopic (exact) mass is 342 g/mol. The summed E-state index contributed by atoms with van der Waals surface area (Å²) in [7, 11) is 1.92. The molecule has 0 bridgehead atoms. The normalized spacial score (nSPS) is 10.7. The summed E-state index contributed by atoms with van der Waals surface area (Å²) in [5, 5.41) is 12.4. The Morgan fingerprint density at radius 2 is 1.69 bits per heavy atom. The molecule has 0 fully saturated rings. The Morgan fingerprint density at radius 1 is 0.885 bits per heavy atom. The van der Waals surface area contributed by atoms with E-state index in [0.717, 1.165) is 33.7 Å². The summed E-state index contributed by atoms with van der Waals surface area (Å²) in [6, 6.07) is 20.1. The molecule has 0 radical (unpaired) electrons. The first-order chi connectivity index (χ1) is 12.8. The molecular weight excluding hydrogens is 324 g/mol. The van der Waals surface area contributed by atoms with Crippen LogP contribution in [-0.4, -0.2) is 20.0 Å². The van der Waals surface area contributed by atoms with Gasteiger partial charge in [0.1, 0.15) is 18.1 Å². The molecule has 0 amide bonds. The van der Waals surface area contributed by atoms with Crippen LogP contribution in [0.15, 0.2) is 79.3 Å². The van der Waals surface area contributed by atoms with Gasteiger partial charge in [-0.15, -0.1) is 0 Å². The van der Waals surface area contributed by atoms with E-state index in [0.29, 0.717) is 6.61 Å². The van der Waals surface area contributed by atoms with Crippen molar-refractivity contribution in [2.75, 3.05) is 0 Å². The Bertz CT molecular complexity index is 980. The molecule has 26 heavy (non-hydrogen) atoms. The number of rotatable bonds is 5. The van der Waals surface area contributed by atoms with Crippen LogP contribution in [-0.2, 0) is 13.7 Å². The van der Waals surface area contributed by atoms with Crippen molar-refractivity contribution in [2.24, 2.45) is 7.05 Å². The van der Waals surface area contributed by atoms with Crippen molar-refractivity contribution in [1.82, 2.24) is 20.0 Å². The molecule has 0 saturated carbocycles. The van der Waals surface area contributed by atoms with Gasteiger partial charge in [-0.2, -0.15) is 15.3 Å². The lowest BCUT2D eigenvalue weighted by Gasteiger charge is -2.07. The number of hydrogen-bond acceptors (Lipinski definition) is 4. The van der Waals surface area contributed by atoms with E-state index in [2.05, 4.69) is 27.4 Å². The highest BCUT2D eigenvalue weighted by atomic mass is 16.5. The average Bonchev–Trinajstić information content (AvgIpc) is 3.10. The van der Waals surface area contributed by atoms with Crippen LogP contribution < -0.4 is 4.74 Å². The average molecular weight is 342 g/mol. The molecule has 0 aliphatic carbocycles. The summed E-state index contributed by atoms with van der Waals surface area (Å²) >= 11 is 0. The number of ether oxygens (including phenoxy) is 1.